The fourth-order valence-electron chi connectivity index (χ4n) is 1.80. The summed E-state index contributed by atoms with van der Waals surface area (Å²) in [7, 11) is 0. The molecule has 0 unspecified atom stereocenters. The van der Waals surface area contributed by atoms with Crippen LogP contribution >= 0.6 is 11.6 Å². The summed E-state index contributed by atoms with van der Waals surface area (Å²) in [5.74, 6) is -0.0770. The normalized spacial score (nSPS) is 10.4. The minimum Gasteiger partial charge on any atom is -0.399 e. The van der Waals surface area contributed by atoms with Crippen molar-refractivity contribution in [2.75, 3.05) is 5.73 Å². The summed E-state index contributed by atoms with van der Waals surface area (Å²) in [6, 6.07) is 10.7. The zero-order valence-corrected chi connectivity index (χ0v) is 11.1. The molecule has 0 saturated carbocycles. The summed E-state index contributed by atoms with van der Waals surface area (Å²) in [4.78, 5) is 12.4. The molecule has 0 amide bonds. The van der Waals surface area contributed by atoms with Gasteiger partial charge in [-0.3, -0.25) is 4.79 Å². The second kappa shape index (κ2) is 4.83. The van der Waals surface area contributed by atoms with E-state index in [4.69, 9.17) is 17.3 Å². The van der Waals surface area contributed by atoms with Crippen molar-refractivity contribution in [3.8, 4) is 0 Å². The first-order chi connectivity index (χ1) is 8.50. The quantitative estimate of drug-likeness (QED) is 0.659. The molecular weight excluding hydrogens is 246 g/mol. The summed E-state index contributed by atoms with van der Waals surface area (Å²) in [6.07, 6.45) is 0. The number of hydrogen-bond donors (Lipinski definition) is 1. The highest BCUT2D eigenvalue weighted by atomic mass is 35.5. The number of hydrogen-bond acceptors (Lipinski definition) is 2. The average Bonchev–Trinajstić information content (AvgIpc) is 2.35. The molecule has 2 rings (SSSR count). The van der Waals surface area contributed by atoms with E-state index in [-0.39, 0.29) is 5.78 Å². The van der Waals surface area contributed by atoms with Gasteiger partial charge in [0.15, 0.2) is 5.78 Å². The Labute approximate surface area is 111 Å². The first-order valence-corrected chi connectivity index (χ1v) is 6.04. The third-order valence-electron chi connectivity index (χ3n) is 2.97. The molecular formula is C15H14ClNO. The van der Waals surface area contributed by atoms with Crippen molar-refractivity contribution in [3.63, 3.8) is 0 Å². The summed E-state index contributed by atoms with van der Waals surface area (Å²) < 4.78 is 0. The second-order valence-corrected chi connectivity index (χ2v) is 4.71. The number of rotatable bonds is 2. The molecule has 18 heavy (non-hydrogen) atoms. The fraction of sp³-hybridized carbons (Fsp3) is 0.133. The smallest absolute Gasteiger partial charge is 0.194 e. The Morgan fingerprint density at radius 1 is 1.11 bits per heavy atom. The number of carbonyl (C=O) groups is 1. The van der Waals surface area contributed by atoms with Crippen LogP contribution in [0.25, 0.3) is 0 Å². The van der Waals surface area contributed by atoms with E-state index in [1.807, 2.05) is 26.0 Å². The first-order valence-electron chi connectivity index (χ1n) is 5.66. The van der Waals surface area contributed by atoms with Crippen LogP contribution in [0.15, 0.2) is 36.4 Å². The Balaban J connectivity index is 2.48. The van der Waals surface area contributed by atoms with Gasteiger partial charge in [-0.25, -0.2) is 0 Å². The number of carbonyl (C=O) groups excluding carboxylic acids is 1. The summed E-state index contributed by atoms with van der Waals surface area (Å²) in [6.45, 7) is 3.76. The first kappa shape index (κ1) is 12.7. The maximum absolute atomic E-state index is 12.4. The SMILES string of the molecule is Cc1cc(C(=O)c2cccc(C)c2Cl)ccc1N. The maximum Gasteiger partial charge on any atom is 0.194 e. The van der Waals surface area contributed by atoms with Crippen LogP contribution in [0, 0.1) is 13.8 Å². The molecule has 0 heterocycles. The fourth-order valence-corrected chi connectivity index (χ4v) is 2.01. The van der Waals surface area contributed by atoms with Gasteiger partial charge < -0.3 is 5.73 Å². The van der Waals surface area contributed by atoms with E-state index in [2.05, 4.69) is 0 Å². The monoisotopic (exact) mass is 259 g/mol. The van der Waals surface area contributed by atoms with Crippen molar-refractivity contribution >= 4 is 23.1 Å². The third kappa shape index (κ3) is 2.24. The Morgan fingerprint density at radius 3 is 2.50 bits per heavy atom. The molecule has 2 N–H and O–H groups in total. The minimum absolute atomic E-state index is 0.0770. The van der Waals surface area contributed by atoms with Crippen LogP contribution in [-0.4, -0.2) is 5.78 Å². The molecule has 0 radical (unpaired) electrons. The lowest BCUT2D eigenvalue weighted by atomic mass is 9.99. The Hall–Kier alpha value is -1.80. The van der Waals surface area contributed by atoms with E-state index in [1.165, 1.54) is 0 Å². The third-order valence-corrected chi connectivity index (χ3v) is 3.47. The summed E-state index contributed by atoms with van der Waals surface area (Å²) >= 11 is 6.16. The number of halogens is 1. The zero-order chi connectivity index (χ0) is 13.3. The van der Waals surface area contributed by atoms with Crippen molar-refractivity contribution in [1.29, 1.82) is 0 Å². The molecule has 0 bridgehead atoms. The zero-order valence-electron chi connectivity index (χ0n) is 10.3. The number of aryl methyl sites for hydroxylation is 2. The van der Waals surface area contributed by atoms with Gasteiger partial charge >= 0.3 is 0 Å². The van der Waals surface area contributed by atoms with Crippen LogP contribution in [-0.2, 0) is 0 Å². The van der Waals surface area contributed by atoms with Gasteiger partial charge in [-0.05, 0) is 49.2 Å². The molecule has 2 aromatic carbocycles. The van der Waals surface area contributed by atoms with E-state index in [1.54, 1.807) is 24.3 Å². The highest BCUT2D eigenvalue weighted by Crippen LogP contribution is 2.24. The average molecular weight is 260 g/mol. The largest absolute Gasteiger partial charge is 0.399 e. The number of nitrogen functional groups attached to an aromatic ring is 1. The Bertz CT molecular complexity index is 620. The minimum atomic E-state index is -0.0770. The van der Waals surface area contributed by atoms with Crippen LogP contribution in [0.2, 0.25) is 5.02 Å². The van der Waals surface area contributed by atoms with Crippen molar-refractivity contribution in [3.05, 3.63) is 63.7 Å². The van der Waals surface area contributed by atoms with Crippen LogP contribution < -0.4 is 5.73 Å². The predicted octanol–water partition coefficient (Wildman–Crippen LogP) is 3.77. The van der Waals surface area contributed by atoms with Crippen LogP contribution in [0.3, 0.4) is 0 Å². The Kier molecular flexibility index (Phi) is 3.39. The topological polar surface area (TPSA) is 43.1 Å². The van der Waals surface area contributed by atoms with Gasteiger partial charge in [-0.15, -0.1) is 0 Å². The molecule has 0 aliphatic rings. The van der Waals surface area contributed by atoms with E-state index in [0.717, 1.165) is 11.1 Å². The number of ketones is 1. The summed E-state index contributed by atoms with van der Waals surface area (Å²) in [5, 5.41) is 0.511. The molecule has 0 aliphatic carbocycles. The van der Waals surface area contributed by atoms with Crippen molar-refractivity contribution in [2.45, 2.75) is 13.8 Å². The van der Waals surface area contributed by atoms with Crippen LogP contribution in [0.5, 0.6) is 0 Å². The van der Waals surface area contributed by atoms with E-state index in [9.17, 15) is 4.79 Å². The van der Waals surface area contributed by atoms with E-state index >= 15 is 0 Å². The van der Waals surface area contributed by atoms with Gasteiger partial charge in [-0.1, -0.05) is 23.7 Å². The molecule has 2 nitrogen and oxygen atoms in total. The standard InChI is InChI=1S/C15H14ClNO/c1-9-4-3-5-12(14(9)16)15(18)11-6-7-13(17)10(2)8-11/h3-8H,17H2,1-2H3. The molecule has 0 aromatic heterocycles. The van der Waals surface area contributed by atoms with Gasteiger partial charge in [0.05, 0.1) is 5.02 Å². The highest BCUT2D eigenvalue weighted by molar-refractivity contribution is 6.35. The highest BCUT2D eigenvalue weighted by Gasteiger charge is 2.14. The lowest BCUT2D eigenvalue weighted by molar-refractivity contribution is 0.103. The molecule has 2 aromatic rings. The summed E-state index contributed by atoms with van der Waals surface area (Å²) in [5.41, 5.74) is 9.35. The number of benzene rings is 2. The number of anilines is 1. The molecule has 0 fully saturated rings. The predicted molar refractivity (Wildman–Crippen MR) is 75.2 cm³/mol. The van der Waals surface area contributed by atoms with E-state index in [0.29, 0.717) is 21.8 Å². The van der Waals surface area contributed by atoms with Gasteiger partial charge in [0.25, 0.3) is 0 Å². The van der Waals surface area contributed by atoms with Crippen molar-refractivity contribution < 1.29 is 4.79 Å². The molecule has 92 valence electrons. The number of nitrogens with two attached hydrogens (primary N) is 1. The molecule has 0 saturated heterocycles. The van der Waals surface area contributed by atoms with Gasteiger partial charge in [0.2, 0.25) is 0 Å². The van der Waals surface area contributed by atoms with E-state index < -0.39 is 0 Å². The molecule has 3 heteroatoms. The maximum atomic E-state index is 12.4. The molecule has 0 atom stereocenters. The van der Waals surface area contributed by atoms with Gasteiger partial charge in [0.1, 0.15) is 0 Å². The second-order valence-electron chi connectivity index (χ2n) is 4.34. The van der Waals surface area contributed by atoms with Crippen LogP contribution in [0.4, 0.5) is 5.69 Å². The lowest BCUT2D eigenvalue weighted by Crippen LogP contribution is -2.04. The van der Waals surface area contributed by atoms with Gasteiger partial charge in [0, 0.05) is 16.8 Å². The van der Waals surface area contributed by atoms with Crippen LogP contribution in [0.1, 0.15) is 27.0 Å². The van der Waals surface area contributed by atoms with Crippen molar-refractivity contribution in [2.24, 2.45) is 0 Å². The lowest BCUT2D eigenvalue weighted by Gasteiger charge is -2.07. The Morgan fingerprint density at radius 2 is 1.83 bits per heavy atom. The van der Waals surface area contributed by atoms with Gasteiger partial charge in [-0.2, -0.15) is 0 Å². The van der Waals surface area contributed by atoms with Crippen molar-refractivity contribution in [1.82, 2.24) is 0 Å². The molecule has 0 spiro atoms. The molecule has 0 aliphatic heterocycles.